The van der Waals surface area contributed by atoms with Crippen molar-refractivity contribution in [3.05, 3.63) is 102 Å². The van der Waals surface area contributed by atoms with Crippen LogP contribution >= 0.6 is 0 Å². The number of nitrogens with zero attached hydrogens (tertiary/aromatic N) is 1. The van der Waals surface area contributed by atoms with Crippen LogP contribution in [-0.4, -0.2) is 23.9 Å². The van der Waals surface area contributed by atoms with Gasteiger partial charge >= 0.3 is 0 Å². The normalized spacial score (nSPS) is 11.0. The second-order valence-electron chi connectivity index (χ2n) is 6.65. The molecule has 146 valence electrons. The van der Waals surface area contributed by atoms with E-state index in [0.29, 0.717) is 11.3 Å². The van der Waals surface area contributed by atoms with Gasteiger partial charge in [0.1, 0.15) is 0 Å². The Morgan fingerprint density at radius 2 is 1.38 bits per heavy atom. The number of hydrogen-bond acceptors (Lipinski definition) is 4. The van der Waals surface area contributed by atoms with Crippen molar-refractivity contribution in [3.63, 3.8) is 0 Å². The standard InChI is InChI=1S/C24H23N3O2/c1-18-12-14-21(15-13-18)25-17-24(29)27-26-22(19-8-4-2-5-9-19)16-23(28)20-10-6-3-7-11-20/h2-15,25H,16-17H2,1H3,(H,27,29)/b26-22-. The maximum Gasteiger partial charge on any atom is 0.259 e. The molecule has 0 saturated heterocycles. The molecule has 5 heteroatoms. The molecule has 3 aromatic carbocycles. The molecule has 0 saturated carbocycles. The van der Waals surface area contributed by atoms with Gasteiger partial charge in [0.25, 0.3) is 5.91 Å². The SMILES string of the molecule is Cc1ccc(NCC(=O)N/N=C(/CC(=O)c2ccccc2)c2ccccc2)cc1. The molecule has 0 bridgehead atoms. The van der Waals surface area contributed by atoms with E-state index in [4.69, 9.17) is 0 Å². The van der Waals surface area contributed by atoms with Crippen molar-refractivity contribution in [2.75, 3.05) is 11.9 Å². The maximum absolute atomic E-state index is 12.6. The highest BCUT2D eigenvalue weighted by atomic mass is 16.2. The van der Waals surface area contributed by atoms with Gasteiger partial charge in [-0.05, 0) is 24.6 Å². The molecule has 0 aliphatic rings. The Bertz CT molecular complexity index is 982. The first kappa shape index (κ1) is 20.0. The number of hydrazone groups is 1. The summed E-state index contributed by atoms with van der Waals surface area (Å²) in [7, 11) is 0. The Morgan fingerprint density at radius 1 is 0.793 bits per heavy atom. The van der Waals surface area contributed by atoms with E-state index in [2.05, 4.69) is 15.8 Å². The fourth-order valence-corrected chi connectivity index (χ4v) is 2.74. The summed E-state index contributed by atoms with van der Waals surface area (Å²) >= 11 is 0. The van der Waals surface area contributed by atoms with E-state index >= 15 is 0 Å². The number of benzene rings is 3. The number of carbonyl (C=O) groups is 2. The van der Waals surface area contributed by atoms with Gasteiger partial charge in [-0.15, -0.1) is 0 Å². The Labute approximate surface area is 170 Å². The first-order valence-electron chi connectivity index (χ1n) is 9.41. The van der Waals surface area contributed by atoms with Gasteiger partial charge < -0.3 is 5.32 Å². The summed E-state index contributed by atoms with van der Waals surface area (Å²) in [5.74, 6) is -0.341. The number of aryl methyl sites for hydroxylation is 1. The molecule has 5 nitrogen and oxygen atoms in total. The summed E-state index contributed by atoms with van der Waals surface area (Å²) in [6.45, 7) is 2.09. The van der Waals surface area contributed by atoms with Crippen molar-refractivity contribution in [1.29, 1.82) is 0 Å². The molecule has 0 atom stereocenters. The molecule has 0 aliphatic carbocycles. The Balaban J connectivity index is 1.67. The highest BCUT2D eigenvalue weighted by molar-refractivity contribution is 6.15. The third kappa shape index (κ3) is 6.14. The zero-order valence-electron chi connectivity index (χ0n) is 16.3. The predicted molar refractivity (Wildman–Crippen MR) is 116 cm³/mol. The van der Waals surface area contributed by atoms with Gasteiger partial charge in [0.05, 0.1) is 18.7 Å². The van der Waals surface area contributed by atoms with E-state index in [-0.39, 0.29) is 24.7 Å². The first-order valence-corrected chi connectivity index (χ1v) is 9.41. The molecule has 0 heterocycles. The number of hydrogen-bond donors (Lipinski definition) is 2. The minimum absolute atomic E-state index is 0.0553. The molecule has 0 spiro atoms. The number of anilines is 1. The van der Waals surface area contributed by atoms with Crippen molar-refractivity contribution >= 4 is 23.1 Å². The molecule has 29 heavy (non-hydrogen) atoms. The van der Waals surface area contributed by atoms with Crippen LogP contribution in [0.25, 0.3) is 0 Å². The Hall–Kier alpha value is -3.73. The Morgan fingerprint density at radius 3 is 2.00 bits per heavy atom. The van der Waals surface area contributed by atoms with Crippen molar-refractivity contribution in [3.8, 4) is 0 Å². The van der Waals surface area contributed by atoms with Crippen molar-refractivity contribution in [1.82, 2.24) is 5.43 Å². The van der Waals surface area contributed by atoms with Gasteiger partial charge in [-0.25, -0.2) is 5.43 Å². The van der Waals surface area contributed by atoms with Crippen LogP contribution in [0.4, 0.5) is 5.69 Å². The minimum atomic E-state index is -0.286. The van der Waals surface area contributed by atoms with Gasteiger partial charge in [0.15, 0.2) is 5.78 Å². The zero-order valence-corrected chi connectivity index (χ0v) is 16.3. The fraction of sp³-hybridized carbons (Fsp3) is 0.125. The summed E-state index contributed by atoms with van der Waals surface area (Å²) in [6.07, 6.45) is 0.0969. The molecular formula is C24H23N3O2. The second-order valence-corrected chi connectivity index (χ2v) is 6.65. The molecule has 2 N–H and O–H groups in total. The van der Waals surface area contributed by atoms with Crippen molar-refractivity contribution in [2.24, 2.45) is 5.10 Å². The molecule has 0 radical (unpaired) electrons. The van der Waals surface area contributed by atoms with Crippen LogP contribution in [0.5, 0.6) is 0 Å². The van der Waals surface area contributed by atoms with Gasteiger partial charge in [-0.2, -0.15) is 5.10 Å². The molecule has 1 amide bonds. The highest BCUT2D eigenvalue weighted by Crippen LogP contribution is 2.10. The number of ketones is 1. The molecule has 3 aromatic rings. The van der Waals surface area contributed by atoms with Crippen LogP contribution < -0.4 is 10.7 Å². The van der Waals surface area contributed by atoms with E-state index in [9.17, 15) is 9.59 Å². The third-order valence-electron chi connectivity index (χ3n) is 4.35. The monoisotopic (exact) mass is 385 g/mol. The zero-order chi connectivity index (χ0) is 20.5. The van der Waals surface area contributed by atoms with E-state index in [0.717, 1.165) is 16.8 Å². The average molecular weight is 385 g/mol. The number of Topliss-reactive ketones (excluding diaryl/α,β-unsaturated/α-hetero) is 1. The lowest BCUT2D eigenvalue weighted by Crippen LogP contribution is -2.27. The van der Waals surface area contributed by atoms with E-state index < -0.39 is 0 Å². The third-order valence-corrected chi connectivity index (χ3v) is 4.35. The lowest BCUT2D eigenvalue weighted by molar-refractivity contribution is -0.119. The minimum Gasteiger partial charge on any atom is -0.376 e. The average Bonchev–Trinajstić information content (AvgIpc) is 2.77. The van der Waals surface area contributed by atoms with Crippen LogP contribution in [0, 0.1) is 6.92 Å². The van der Waals surface area contributed by atoms with Crippen LogP contribution in [0.2, 0.25) is 0 Å². The lowest BCUT2D eigenvalue weighted by atomic mass is 10.0. The van der Waals surface area contributed by atoms with Crippen molar-refractivity contribution in [2.45, 2.75) is 13.3 Å². The number of rotatable bonds is 8. The molecular weight excluding hydrogens is 362 g/mol. The van der Waals surface area contributed by atoms with Crippen LogP contribution in [0.3, 0.4) is 0 Å². The second kappa shape index (κ2) is 9.99. The van der Waals surface area contributed by atoms with E-state index in [1.54, 1.807) is 12.1 Å². The van der Waals surface area contributed by atoms with Crippen LogP contribution in [0.1, 0.15) is 27.9 Å². The maximum atomic E-state index is 12.6. The van der Waals surface area contributed by atoms with E-state index in [1.165, 1.54) is 0 Å². The first-order chi connectivity index (χ1) is 14.1. The highest BCUT2D eigenvalue weighted by Gasteiger charge is 2.13. The number of nitrogens with one attached hydrogen (secondary N) is 2. The predicted octanol–water partition coefficient (Wildman–Crippen LogP) is 4.20. The van der Waals surface area contributed by atoms with Crippen LogP contribution in [0.15, 0.2) is 90.0 Å². The van der Waals surface area contributed by atoms with Crippen molar-refractivity contribution < 1.29 is 9.59 Å². The summed E-state index contributed by atoms with van der Waals surface area (Å²) in [5.41, 5.74) is 6.49. The van der Waals surface area contributed by atoms with Gasteiger partial charge in [-0.3, -0.25) is 9.59 Å². The molecule has 3 rings (SSSR count). The molecule has 0 aliphatic heterocycles. The molecule has 0 unspecified atom stereocenters. The number of carbonyl (C=O) groups excluding carboxylic acids is 2. The smallest absolute Gasteiger partial charge is 0.259 e. The Kier molecular flexibility index (Phi) is 6.90. The fourth-order valence-electron chi connectivity index (χ4n) is 2.74. The van der Waals surface area contributed by atoms with Crippen LogP contribution in [-0.2, 0) is 4.79 Å². The largest absolute Gasteiger partial charge is 0.376 e. The topological polar surface area (TPSA) is 70.6 Å². The summed E-state index contributed by atoms with van der Waals surface area (Å²) in [5, 5.41) is 7.30. The summed E-state index contributed by atoms with van der Waals surface area (Å²) in [4.78, 5) is 24.8. The van der Waals surface area contributed by atoms with Gasteiger partial charge in [0, 0.05) is 11.3 Å². The summed E-state index contributed by atoms with van der Waals surface area (Å²) in [6, 6.07) is 26.2. The van der Waals surface area contributed by atoms with Gasteiger partial charge in [-0.1, -0.05) is 78.4 Å². The number of amides is 1. The molecule has 0 fully saturated rings. The molecule has 0 aromatic heterocycles. The lowest BCUT2D eigenvalue weighted by Gasteiger charge is -2.09. The quantitative estimate of drug-likeness (QED) is 0.347. The van der Waals surface area contributed by atoms with E-state index in [1.807, 2.05) is 79.7 Å². The van der Waals surface area contributed by atoms with Gasteiger partial charge in [0.2, 0.25) is 0 Å². The summed E-state index contributed by atoms with van der Waals surface area (Å²) < 4.78 is 0.